The quantitative estimate of drug-likeness (QED) is 0.184. The molecule has 1 fully saturated rings. The Balaban J connectivity index is 1.41. The van der Waals surface area contributed by atoms with Gasteiger partial charge in [-0.25, -0.2) is 31.6 Å². The lowest BCUT2D eigenvalue weighted by molar-refractivity contribution is 0.0964. The molecule has 10 nitrogen and oxygen atoms in total. The molecule has 1 aliphatic heterocycles. The number of halogens is 3. The molecule has 0 aliphatic carbocycles. The molecule has 0 unspecified atom stereocenters. The van der Waals surface area contributed by atoms with Crippen LogP contribution in [-0.2, 0) is 16.6 Å². The van der Waals surface area contributed by atoms with Gasteiger partial charge in [0.2, 0.25) is 10.0 Å². The van der Waals surface area contributed by atoms with Crippen LogP contribution in [-0.4, -0.2) is 66.5 Å². The summed E-state index contributed by atoms with van der Waals surface area (Å²) >= 11 is 0. The van der Waals surface area contributed by atoms with Gasteiger partial charge in [-0.15, -0.1) is 0 Å². The van der Waals surface area contributed by atoms with Crippen LogP contribution in [0.2, 0.25) is 0 Å². The SMILES string of the molecule is CNC(=O)c1c(-c2ccc(F)cc2F)oc2cc(N(C)S(C)(=O)=O)c(-c3ccc4nc(CN5CCC[C@H]5C)n5c6cccc(F)c6cc5c4n3)cc12. The van der Waals surface area contributed by atoms with Crippen molar-refractivity contribution in [1.29, 1.82) is 0 Å². The van der Waals surface area contributed by atoms with Crippen molar-refractivity contribution in [3.63, 3.8) is 0 Å². The molecule has 0 spiro atoms. The number of hydrogen-bond acceptors (Lipinski definition) is 7. The zero-order valence-corrected chi connectivity index (χ0v) is 29.5. The van der Waals surface area contributed by atoms with E-state index < -0.39 is 27.6 Å². The van der Waals surface area contributed by atoms with E-state index in [1.54, 1.807) is 30.3 Å². The zero-order chi connectivity index (χ0) is 36.6. The zero-order valence-electron chi connectivity index (χ0n) is 28.7. The van der Waals surface area contributed by atoms with Crippen LogP contribution in [0, 0.1) is 17.5 Å². The number of rotatable bonds is 7. The minimum absolute atomic E-state index is 0.0308. The molecule has 7 aromatic rings. The molecule has 1 N–H and O–H groups in total. The summed E-state index contributed by atoms with van der Waals surface area (Å²) < 4.78 is 79.2. The molecule has 52 heavy (non-hydrogen) atoms. The Morgan fingerprint density at radius 1 is 0.981 bits per heavy atom. The average molecular weight is 727 g/mol. The van der Waals surface area contributed by atoms with Gasteiger partial charge in [-0.05, 0) is 74.8 Å². The lowest BCUT2D eigenvalue weighted by Crippen LogP contribution is -2.27. The first-order valence-electron chi connectivity index (χ1n) is 16.7. The van der Waals surface area contributed by atoms with E-state index in [0.717, 1.165) is 41.8 Å². The van der Waals surface area contributed by atoms with E-state index in [-0.39, 0.29) is 39.4 Å². The molecule has 1 atom stereocenters. The van der Waals surface area contributed by atoms with E-state index in [1.165, 1.54) is 32.3 Å². The molecule has 5 heterocycles. The number of hydrogen-bond donors (Lipinski definition) is 1. The summed E-state index contributed by atoms with van der Waals surface area (Å²) in [6.07, 6.45) is 3.20. The number of carbonyl (C=O) groups excluding carboxylic acids is 1. The summed E-state index contributed by atoms with van der Waals surface area (Å²) in [5, 5.41) is 3.21. The smallest absolute Gasteiger partial charge is 0.255 e. The highest BCUT2D eigenvalue weighted by Crippen LogP contribution is 2.42. The molecular weight excluding hydrogens is 694 g/mol. The second kappa shape index (κ2) is 12.3. The molecule has 1 saturated heterocycles. The Labute approximate surface area is 296 Å². The maximum absolute atomic E-state index is 15.3. The minimum Gasteiger partial charge on any atom is -0.455 e. The predicted octanol–water partition coefficient (Wildman–Crippen LogP) is 7.27. The maximum Gasteiger partial charge on any atom is 0.255 e. The van der Waals surface area contributed by atoms with Crippen LogP contribution in [0.3, 0.4) is 0 Å². The van der Waals surface area contributed by atoms with E-state index >= 15 is 8.78 Å². The Hall–Kier alpha value is -5.47. The van der Waals surface area contributed by atoms with Crippen molar-refractivity contribution in [3.05, 3.63) is 95.6 Å². The lowest BCUT2D eigenvalue weighted by Gasteiger charge is -2.22. The fourth-order valence-corrected chi connectivity index (χ4v) is 7.73. The first kappa shape index (κ1) is 33.7. The number of anilines is 1. The standard InChI is InChI=1S/C38H33F3N6O4S/c1-20-7-6-14-46(20)19-34-43-29-13-12-28(44-36(29)32-17-23-26(40)8-5-9-30(23)47(32)34)24-16-25-33(18-31(24)45(3)52(4,49)50)51-37(35(25)38(48)42-2)22-11-10-21(39)15-27(22)41/h5,8-13,15-18,20H,6-7,14,19H2,1-4H3,(H,42,48)/t20-/m1/s1. The summed E-state index contributed by atoms with van der Waals surface area (Å²) in [6.45, 7) is 3.66. The molecule has 266 valence electrons. The molecule has 0 bridgehead atoms. The highest BCUT2D eigenvalue weighted by Gasteiger charge is 2.29. The highest BCUT2D eigenvalue weighted by atomic mass is 32.2. The summed E-state index contributed by atoms with van der Waals surface area (Å²) in [4.78, 5) is 25.8. The van der Waals surface area contributed by atoms with Crippen LogP contribution in [0.5, 0.6) is 0 Å². The number of amides is 1. The van der Waals surface area contributed by atoms with Crippen LogP contribution >= 0.6 is 0 Å². The fourth-order valence-electron chi connectivity index (χ4n) is 7.22. The molecule has 1 amide bonds. The number of furan rings is 1. The number of nitrogens with zero attached hydrogens (tertiary/aromatic N) is 5. The Morgan fingerprint density at radius 2 is 1.79 bits per heavy atom. The van der Waals surface area contributed by atoms with Gasteiger partial charge in [0.1, 0.15) is 34.4 Å². The van der Waals surface area contributed by atoms with Crippen LogP contribution in [0.25, 0.3) is 61.0 Å². The molecule has 0 radical (unpaired) electrons. The predicted molar refractivity (Wildman–Crippen MR) is 194 cm³/mol. The number of nitrogens with one attached hydrogen (secondary N) is 1. The molecule has 3 aromatic carbocycles. The third kappa shape index (κ3) is 5.44. The summed E-state index contributed by atoms with van der Waals surface area (Å²) in [7, 11) is -1.06. The first-order chi connectivity index (χ1) is 24.8. The molecule has 1 aliphatic rings. The molecule has 0 saturated carbocycles. The van der Waals surface area contributed by atoms with Gasteiger partial charge in [0, 0.05) is 48.6 Å². The van der Waals surface area contributed by atoms with Crippen molar-refractivity contribution < 1.29 is 30.8 Å². The molecule has 4 aromatic heterocycles. The average Bonchev–Trinajstić information content (AvgIpc) is 3.82. The first-order valence-corrected chi connectivity index (χ1v) is 18.5. The van der Waals surface area contributed by atoms with Crippen molar-refractivity contribution in [3.8, 4) is 22.6 Å². The van der Waals surface area contributed by atoms with Crippen molar-refractivity contribution in [2.75, 3.05) is 31.2 Å². The van der Waals surface area contributed by atoms with Crippen molar-refractivity contribution in [2.24, 2.45) is 0 Å². The van der Waals surface area contributed by atoms with Crippen LogP contribution < -0.4 is 9.62 Å². The van der Waals surface area contributed by atoms with Crippen LogP contribution in [0.15, 0.2) is 71.1 Å². The second-order valence-electron chi connectivity index (χ2n) is 13.2. The highest BCUT2D eigenvalue weighted by molar-refractivity contribution is 7.92. The number of pyridine rings is 1. The number of fused-ring (bicyclic) bond motifs is 6. The normalized spacial score (nSPS) is 15.4. The number of likely N-dealkylation sites (tertiary alicyclic amines) is 1. The number of carbonyl (C=O) groups is 1. The van der Waals surface area contributed by atoms with Gasteiger partial charge in [0.15, 0.2) is 5.76 Å². The van der Waals surface area contributed by atoms with Gasteiger partial charge in [-0.2, -0.15) is 0 Å². The monoisotopic (exact) mass is 726 g/mol. The van der Waals surface area contributed by atoms with Crippen molar-refractivity contribution >= 4 is 60.0 Å². The van der Waals surface area contributed by atoms with E-state index in [9.17, 15) is 17.6 Å². The van der Waals surface area contributed by atoms with Crippen LogP contribution in [0.1, 0.15) is 35.9 Å². The lowest BCUT2D eigenvalue weighted by atomic mass is 10.0. The van der Waals surface area contributed by atoms with Gasteiger partial charge >= 0.3 is 0 Å². The Bertz CT molecular complexity index is 2730. The third-order valence-corrected chi connectivity index (χ3v) is 11.2. The second-order valence-corrected chi connectivity index (χ2v) is 15.2. The van der Waals surface area contributed by atoms with E-state index in [2.05, 4.69) is 17.1 Å². The summed E-state index contributed by atoms with van der Waals surface area (Å²) in [5.74, 6) is -2.16. The number of sulfonamides is 1. The summed E-state index contributed by atoms with van der Waals surface area (Å²) in [5.41, 5.74) is 2.99. The van der Waals surface area contributed by atoms with Crippen LogP contribution in [0.4, 0.5) is 18.9 Å². The molecule has 14 heteroatoms. The summed E-state index contributed by atoms with van der Waals surface area (Å²) in [6, 6.07) is 16.4. The van der Waals surface area contributed by atoms with Gasteiger partial charge < -0.3 is 9.73 Å². The van der Waals surface area contributed by atoms with Crippen molar-refractivity contribution in [1.82, 2.24) is 24.6 Å². The van der Waals surface area contributed by atoms with E-state index in [1.807, 2.05) is 10.5 Å². The Morgan fingerprint density at radius 3 is 2.50 bits per heavy atom. The molecule has 8 rings (SSSR count). The number of benzene rings is 3. The third-order valence-electron chi connectivity index (χ3n) is 10.0. The van der Waals surface area contributed by atoms with E-state index in [4.69, 9.17) is 14.4 Å². The Kier molecular flexibility index (Phi) is 7.99. The van der Waals surface area contributed by atoms with Gasteiger partial charge in [-0.3, -0.25) is 18.4 Å². The van der Waals surface area contributed by atoms with Gasteiger partial charge in [0.05, 0.1) is 51.9 Å². The minimum atomic E-state index is -3.84. The van der Waals surface area contributed by atoms with Crippen molar-refractivity contribution in [2.45, 2.75) is 32.4 Å². The fraction of sp³-hybridized carbons (Fsp3) is 0.237. The van der Waals surface area contributed by atoms with Gasteiger partial charge in [0.25, 0.3) is 5.91 Å². The number of aromatic nitrogens is 3. The maximum atomic E-state index is 15.3. The topological polar surface area (TPSA) is 113 Å². The molecular formula is C38H33F3N6O4S. The van der Waals surface area contributed by atoms with Gasteiger partial charge in [-0.1, -0.05) is 6.07 Å². The largest absolute Gasteiger partial charge is 0.455 e. The van der Waals surface area contributed by atoms with E-state index in [0.29, 0.717) is 57.4 Å².